The van der Waals surface area contributed by atoms with Gasteiger partial charge >= 0.3 is 0 Å². The molecule has 0 radical (unpaired) electrons. The summed E-state index contributed by atoms with van der Waals surface area (Å²) in [7, 11) is 0. The zero-order valence-corrected chi connectivity index (χ0v) is 13.7. The molecule has 2 heterocycles. The Morgan fingerprint density at radius 1 is 1.23 bits per heavy atom. The number of hydrogen-bond donors (Lipinski definition) is 2. The lowest BCUT2D eigenvalue weighted by atomic mass is 10.1. The topological polar surface area (TPSA) is 44.4 Å². The van der Waals surface area contributed by atoms with Gasteiger partial charge in [-0.25, -0.2) is 0 Å². The van der Waals surface area contributed by atoms with Gasteiger partial charge in [-0.05, 0) is 35.7 Å². The molecule has 2 N–H and O–H groups in total. The molecule has 0 aliphatic carbocycles. The predicted octanol–water partition coefficient (Wildman–Crippen LogP) is 2.74. The summed E-state index contributed by atoms with van der Waals surface area (Å²) in [4.78, 5) is 15.5. The molecular formula is C16H18ClN3OS. The van der Waals surface area contributed by atoms with E-state index in [-0.39, 0.29) is 5.91 Å². The standard InChI is InChI=1S/C16H18ClN3OS/c17-14-5-10-22-15(14)11-19-16(21)12-1-3-13(4-2-12)20-8-6-18-7-9-20/h1-5,10,18H,6-9,11H2,(H,19,21). The van der Waals surface area contributed by atoms with Crippen LogP contribution in [0, 0.1) is 0 Å². The summed E-state index contributed by atoms with van der Waals surface area (Å²) in [6.07, 6.45) is 0. The van der Waals surface area contributed by atoms with Gasteiger partial charge in [0.2, 0.25) is 0 Å². The van der Waals surface area contributed by atoms with E-state index in [9.17, 15) is 4.79 Å². The zero-order valence-electron chi connectivity index (χ0n) is 12.1. The highest BCUT2D eigenvalue weighted by molar-refractivity contribution is 7.10. The number of nitrogens with zero attached hydrogens (tertiary/aromatic N) is 1. The number of hydrogen-bond acceptors (Lipinski definition) is 4. The Bertz CT molecular complexity index is 635. The minimum Gasteiger partial charge on any atom is -0.369 e. The van der Waals surface area contributed by atoms with E-state index in [0.717, 1.165) is 31.1 Å². The molecule has 22 heavy (non-hydrogen) atoms. The van der Waals surface area contributed by atoms with E-state index in [2.05, 4.69) is 15.5 Å². The van der Waals surface area contributed by atoms with Crippen LogP contribution in [0.3, 0.4) is 0 Å². The van der Waals surface area contributed by atoms with Gasteiger partial charge in [0, 0.05) is 42.3 Å². The quantitative estimate of drug-likeness (QED) is 0.903. The number of rotatable bonds is 4. The van der Waals surface area contributed by atoms with Crippen molar-refractivity contribution in [2.75, 3.05) is 31.1 Å². The number of benzene rings is 1. The number of piperazine rings is 1. The van der Waals surface area contributed by atoms with E-state index < -0.39 is 0 Å². The fraction of sp³-hybridized carbons (Fsp3) is 0.312. The lowest BCUT2D eigenvalue weighted by Crippen LogP contribution is -2.43. The third-order valence-corrected chi connectivity index (χ3v) is 5.10. The second-order valence-corrected chi connectivity index (χ2v) is 6.57. The fourth-order valence-corrected chi connectivity index (χ4v) is 3.50. The summed E-state index contributed by atoms with van der Waals surface area (Å²) in [6.45, 7) is 4.48. The van der Waals surface area contributed by atoms with E-state index in [1.54, 1.807) is 11.3 Å². The van der Waals surface area contributed by atoms with Crippen LogP contribution in [0.15, 0.2) is 35.7 Å². The van der Waals surface area contributed by atoms with Crippen LogP contribution in [0.2, 0.25) is 5.02 Å². The molecule has 6 heteroatoms. The second kappa shape index (κ2) is 7.13. The first-order chi connectivity index (χ1) is 10.7. The zero-order chi connectivity index (χ0) is 15.4. The van der Waals surface area contributed by atoms with Gasteiger partial charge in [-0.2, -0.15) is 0 Å². The number of amides is 1. The third kappa shape index (κ3) is 3.61. The minimum atomic E-state index is -0.0728. The molecule has 0 spiro atoms. The SMILES string of the molecule is O=C(NCc1sccc1Cl)c1ccc(N2CCNCC2)cc1. The van der Waals surface area contributed by atoms with Gasteiger partial charge in [0.1, 0.15) is 0 Å². The number of carbonyl (C=O) groups excluding carboxylic acids is 1. The van der Waals surface area contributed by atoms with Crippen molar-refractivity contribution >= 4 is 34.5 Å². The van der Waals surface area contributed by atoms with Crippen molar-refractivity contribution in [2.45, 2.75) is 6.54 Å². The number of halogens is 1. The van der Waals surface area contributed by atoms with Gasteiger partial charge < -0.3 is 15.5 Å². The first-order valence-electron chi connectivity index (χ1n) is 7.30. The molecule has 1 saturated heterocycles. The number of carbonyl (C=O) groups is 1. The van der Waals surface area contributed by atoms with Crippen molar-refractivity contribution in [3.05, 3.63) is 51.2 Å². The summed E-state index contributed by atoms with van der Waals surface area (Å²) in [5.41, 5.74) is 1.84. The highest BCUT2D eigenvalue weighted by atomic mass is 35.5. The van der Waals surface area contributed by atoms with Crippen LogP contribution in [0.4, 0.5) is 5.69 Å². The van der Waals surface area contributed by atoms with Crippen LogP contribution < -0.4 is 15.5 Å². The predicted molar refractivity (Wildman–Crippen MR) is 92.0 cm³/mol. The molecule has 1 aliphatic heterocycles. The number of nitrogens with one attached hydrogen (secondary N) is 2. The van der Waals surface area contributed by atoms with Crippen molar-refractivity contribution in [1.29, 1.82) is 0 Å². The summed E-state index contributed by atoms with van der Waals surface area (Å²) in [6, 6.07) is 9.62. The molecule has 0 bridgehead atoms. The molecule has 4 nitrogen and oxygen atoms in total. The van der Waals surface area contributed by atoms with E-state index in [4.69, 9.17) is 11.6 Å². The summed E-state index contributed by atoms with van der Waals surface area (Å²) >= 11 is 7.57. The van der Waals surface area contributed by atoms with Crippen molar-refractivity contribution in [2.24, 2.45) is 0 Å². The summed E-state index contributed by atoms with van der Waals surface area (Å²) < 4.78 is 0. The monoisotopic (exact) mass is 335 g/mol. The Morgan fingerprint density at radius 3 is 2.59 bits per heavy atom. The third-order valence-electron chi connectivity index (χ3n) is 3.71. The molecule has 116 valence electrons. The van der Waals surface area contributed by atoms with Gasteiger partial charge in [0.15, 0.2) is 0 Å². The summed E-state index contributed by atoms with van der Waals surface area (Å²) in [5.74, 6) is -0.0728. The van der Waals surface area contributed by atoms with E-state index in [0.29, 0.717) is 17.1 Å². The maximum Gasteiger partial charge on any atom is 0.251 e. The fourth-order valence-electron chi connectivity index (χ4n) is 2.46. The van der Waals surface area contributed by atoms with E-state index >= 15 is 0 Å². The highest BCUT2D eigenvalue weighted by Gasteiger charge is 2.12. The Kier molecular flexibility index (Phi) is 4.97. The van der Waals surface area contributed by atoms with Crippen LogP contribution >= 0.6 is 22.9 Å². The Balaban J connectivity index is 1.59. The number of thiophene rings is 1. The van der Waals surface area contributed by atoms with Crippen molar-refractivity contribution < 1.29 is 4.79 Å². The molecule has 0 unspecified atom stereocenters. The average Bonchev–Trinajstić information content (AvgIpc) is 2.99. The maximum absolute atomic E-state index is 12.2. The van der Waals surface area contributed by atoms with Crippen molar-refractivity contribution in [3.63, 3.8) is 0 Å². The van der Waals surface area contributed by atoms with Gasteiger partial charge in [-0.3, -0.25) is 4.79 Å². The largest absolute Gasteiger partial charge is 0.369 e. The van der Waals surface area contributed by atoms with Crippen molar-refractivity contribution in [1.82, 2.24) is 10.6 Å². The van der Waals surface area contributed by atoms with Gasteiger partial charge in [0.05, 0.1) is 11.6 Å². The molecular weight excluding hydrogens is 318 g/mol. The van der Waals surface area contributed by atoms with Crippen molar-refractivity contribution in [3.8, 4) is 0 Å². The Hall–Kier alpha value is -1.56. The highest BCUT2D eigenvalue weighted by Crippen LogP contribution is 2.21. The van der Waals surface area contributed by atoms with Crippen LogP contribution in [0.1, 0.15) is 15.2 Å². The molecule has 2 aromatic rings. The first-order valence-corrected chi connectivity index (χ1v) is 8.55. The van der Waals surface area contributed by atoms with E-state index in [1.165, 1.54) is 5.69 Å². The molecule has 0 saturated carbocycles. The number of anilines is 1. The average molecular weight is 336 g/mol. The molecule has 1 aliphatic rings. The Morgan fingerprint density at radius 2 is 1.95 bits per heavy atom. The molecule has 1 fully saturated rings. The molecule has 1 aromatic carbocycles. The van der Waals surface area contributed by atoms with Crippen LogP contribution in [0.25, 0.3) is 0 Å². The normalized spacial score (nSPS) is 14.9. The van der Waals surface area contributed by atoms with Gasteiger partial charge in [-0.1, -0.05) is 11.6 Å². The van der Waals surface area contributed by atoms with Gasteiger partial charge in [0.25, 0.3) is 5.91 Å². The first kappa shape index (κ1) is 15.3. The van der Waals surface area contributed by atoms with E-state index in [1.807, 2.05) is 35.7 Å². The lowest BCUT2D eigenvalue weighted by molar-refractivity contribution is 0.0951. The molecule has 0 atom stereocenters. The molecule has 1 amide bonds. The summed E-state index contributed by atoms with van der Waals surface area (Å²) in [5, 5.41) is 8.87. The maximum atomic E-state index is 12.2. The van der Waals surface area contributed by atoms with Gasteiger partial charge in [-0.15, -0.1) is 11.3 Å². The van der Waals surface area contributed by atoms with Crippen LogP contribution in [-0.4, -0.2) is 32.1 Å². The minimum absolute atomic E-state index is 0.0728. The van der Waals surface area contributed by atoms with Crippen LogP contribution in [0.5, 0.6) is 0 Å². The lowest BCUT2D eigenvalue weighted by Gasteiger charge is -2.29. The smallest absolute Gasteiger partial charge is 0.251 e. The molecule has 3 rings (SSSR count). The molecule has 1 aromatic heterocycles. The second-order valence-electron chi connectivity index (χ2n) is 5.16. The van der Waals surface area contributed by atoms with Crippen LogP contribution in [-0.2, 0) is 6.54 Å². The Labute approximate surface area is 139 Å².